The van der Waals surface area contributed by atoms with E-state index in [9.17, 15) is 14.0 Å². The zero-order chi connectivity index (χ0) is 31.5. The van der Waals surface area contributed by atoms with Crippen molar-refractivity contribution >= 4 is 78.2 Å². The van der Waals surface area contributed by atoms with Crippen LogP contribution in [0.25, 0.3) is 33.5 Å². The normalized spacial score (nSPS) is 11.4. The van der Waals surface area contributed by atoms with Crippen LogP contribution >= 0.6 is 38.5 Å². The molecule has 1 N–H and O–H groups in total. The van der Waals surface area contributed by atoms with E-state index < -0.39 is 11.7 Å². The molecule has 0 atom stereocenters. The van der Waals surface area contributed by atoms with Crippen LogP contribution in [0.2, 0.25) is 0 Å². The molecule has 2 aromatic heterocycles. The zero-order valence-electron chi connectivity index (χ0n) is 23.6. The van der Waals surface area contributed by atoms with Gasteiger partial charge < -0.3 is 19.2 Å². The van der Waals surface area contributed by atoms with E-state index in [2.05, 4.69) is 48.9 Å². The van der Waals surface area contributed by atoms with Crippen LogP contribution in [-0.2, 0) is 4.79 Å². The molecular formula is C33H23BrFIN4O5. The summed E-state index contributed by atoms with van der Waals surface area (Å²) in [6, 6.07) is 23.4. The molecule has 0 aliphatic rings. The molecule has 45 heavy (non-hydrogen) atoms. The highest BCUT2D eigenvalue weighted by molar-refractivity contribution is 14.1. The average Bonchev–Trinajstić information content (AvgIpc) is 3.44. The molecule has 9 nitrogen and oxygen atoms in total. The number of furan rings is 1. The first-order valence-corrected chi connectivity index (χ1v) is 15.6. The van der Waals surface area contributed by atoms with E-state index in [4.69, 9.17) is 18.9 Å². The average molecular weight is 781 g/mol. The monoisotopic (exact) mass is 780 g/mol. The van der Waals surface area contributed by atoms with E-state index in [0.717, 1.165) is 9.86 Å². The number of ether oxygens (including phenoxy) is 2. The van der Waals surface area contributed by atoms with Gasteiger partial charge in [-0.2, -0.15) is 9.78 Å². The first-order chi connectivity index (χ1) is 21.8. The van der Waals surface area contributed by atoms with Crippen LogP contribution in [0.5, 0.6) is 11.5 Å². The highest BCUT2D eigenvalue weighted by Crippen LogP contribution is 2.34. The summed E-state index contributed by atoms with van der Waals surface area (Å²) in [6.07, 6.45) is 1.52. The number of para-hydroxylation sites is 1. The molecule has 0 unspecified atom stereocenters. The summed E-state index contributed by atoms with van der Waals surface area (Å²) in [6.45, 7) is 1.88. The molecule has 0 radical (unpaired) electrons. The SMILES string of the molecule is CCOc1cc(C=Nn2c(-c3cc4cc(Br)ccc4o3)nc3ccccc3c2=O)cc(I)c1OCC(=O)Nc1ccc(F)cc1. The summed E-state index contributed by atoms with van der Waals surface area (Å²) in [5.41, 5.74) is 1.86. The number of hydrogen-bond donors (Lipinski definition) is 1. The van der Waals surface area contributed by atoms with Crippen molar-refractivity contribution in [1.82, 2.24) is 9.66 Å². The second-order valence-corrected chi connectivity index (χ2v) is 11.8. The number of hydrogen-bond acceptors (Lipinski definition) is 7. The maximum Gasteiger partial charge on any atom is 0.282 e. The van der Waals surface area contributed by atoms with Crippen LogP contribution < -0.4 is 20.3 Å². The first-order valence-electron chi connectivity index (χ1n) is 13.7. The Morgan fingerprint density at radius 1 is 1.09 bits per heavy atom. The van der Waals surface area contributed by atoms with Gasteiger partial charge in [-0.05, 0) is 108 Å². The summed E-state index contributed by atoms with van der Waals surface area (Å²) in [5.74, 6) is 0.586. The molecule has 6 rings (SSSR count). The van der Waals surface area contributed by atoms with Crippen LogP contribution in [0.1, 0.15) is 12.5 Å². The second-order valence-electron chi connectivity index (χ2n) is 9.71. The summed E-state index contributed by atoms with van der Waals surface area (Å²) >= 11 is 5.56. The predicted molar refractivity (Wildman–Crippen MR) is 183 cm³/mol. The predicted octanol–water partition coefficient (Wildman–Crippen LogP) is 7.61. The lowest BCUT2D eigenvalue weighted by molar-refractivity contribution is -0.118. The number of fused-ring (bicyclic) bond motifs is 2. The van der Waals surface area contributed by atoms with E-state index >= 15 is 0 Å². The summed E-state index contributed by atoms with van der Waals surface area (Å²) in [4.78, 5) is 30.9. The van der Waals surface area contributed by atoms with Crippen molar-refractivity contribution in [3.8, 4) is 23.1 Å². The Bertz CT molecular complexity index is 2150. The van der Waals surface area contributed by atoms with Crippen molar-refractivity contribution in [3.63, 3.8) is 0 Å². The van der Waals surface area contributed by atoms with Gasteiger partial charge in [0.25, 0.3) is 11.5 Å². The third-order valence-electron chi connectivity index (χ3n) is 6.58. The van der Waals surface area contributed by atoms with Gasteiger partial charge in [0.2, 0.25) is 5.82 Å². The topological polar surface area (TPSA) is 108 Å². The number of nitrogens with zero attached hydrogens (tertiary/aromatic N) is 3. The van der Waals surface area contributed by atoms with Crippen LogP contribution in [0.4, 0.5) is 10.1 Å². The summed E-state index contributed by atoms with van der Waals surface area (Å²) < 4.78 is 33.7. The standard InChI is InChI=1S/C33H23BrFIN4O5/c1-2-43-28-14-19(13-25(36)31(28)44-18-30(41)38-23-10-8-22(35)9-11-23)17-37-40-32(39-26-6-4-3-5-24(26)33(40)42)29-16-20-15-21(34)7-12-27(20)45-29/h3-17H,2,18H2,1H3,(H,38,41). The smallest absolute Gasteiger partial charge is 0.282 e. The van der Waals surface area contributed by atoms with Gasteiger partial charge in [-0.1, -0.05) is 28.1 Å². The fourth-order valence-corrected chi connectivity index (χ4v) is 5.73. The van der Waals surface area contributed by atoms with Crippen molar-refractivity contribution in [2.45, 2.75) is 6.92 Å². The Kier molecular flexibility index (Phi) is 8.94. The van der Waals surface area contributed by atoms with Crippen molar-refractivity contribution in [2.24, 2.45) is 5.10 Å². The Hall–Kier alpha value is -4.56. The molecule has 0 fully saturated rings. The number of halogens is 3. The molecule has 0 saturated carbocycles. The first kappa shape index (κ1) is 30.5. The Balaban J connectivity index is 1.33. The van der Waals surface area contributed by atoms with Crippen molar-refractivity contribution < 1.29 is 23.1 Å². The quantitative estimate of drug-likeness (QED) is 0.120. The minimum atomic E-state index is -0.417. The number of aromatic nitrogens is 2. The minimum Gasteiger partial charge on any atom is -0.490 e. The molecule has 0 aliphatic carbocycles. The van der Waals surface area contributed by atoms with Crippen molar-refractivity contribution in [1.29, 1.82) is 0 Å². The van der Waals surface area contributed by atoms with E-state index in [0.29, 0.717) is 55.2 Å². The Labute approximate surface area is 277 Å². The van der Waals surface area contributed by atoms with E-state index in [1.807, 2.05) is 37.3 Å². The molecule has 4 aromatic carbocycles. The molecule has 0 saturated heterocycles. The Morgan fingerprint density at radius 3 is 2.69 bits per heavy atom. The van der Waals surface area contributed by atoms with Crippen LogP contribution in [0.3, 0.4) is 0 Å². The number of nitrogens with one attached hydrogen (secondary N) is 1. The molecule has 0 aliphatic heterocycles. The number of amides is 1. The fraction of sp³-hybridized carbons (Fsp3) is 0.0909. The largest absolute Gasteiger partial charge is 0.490 e. The molecule has 2 heterocycles. The van der Waals surface area contributed by atoms with Gasteiger partial charge in [0, 0.05) is 15.5 Å². The summed E-state index contributed by atoms with van der Waals surface area (Å²) in [7, 11) is 0. The van der Waals surface area contributed by atoms with E-state index in [1.165, 1.54) is 35.2 Å². The molecule has 0 bridgehead atoms. The number of benzene rings is 4. The molecular weight excluding hydrogens is 758 g/mol. The highest BCUT2D eigenvalue weighted by atomic mass is 127. The zero-order valence-corrected chi connectivity index (χ0v) is 27.3. The molecule has 12 heteroatoms. The second kappa shape index (κ2) is 13.2. The number of rotatable bonds is 9. The summed E-state index contributed by atoms with van der Waals surface area (Å²) in [5, 5.41) is 8.46. The fourth-order valence-electron chi connectivity index (χ4n) is 4.57. The van der Waals surface area contributed by atoms with Gasteiger partial charge in [0.1, 0.15) is 11.4 Å². The lowest BCUT2D eigenvalue weighted by Crippen LogP contribution is -2.21. The van der Waals surface area contributed by atoms with Gasteiger partial charge in [-0.3, -0.25) is 9.59 Å². The lowest BCUT2D eigenvalue weighted by Gasteiger charge is -2.15. The van der Waals surface area contributed by atoms with Gasteiger partial charge in [-0.15, -0.1) is 0 Å². The van der Waals surface area contributed by atoms with Crippen LogP contribution in [0.15, 0.2) is 104 Å². The maximum absolute atomic E-state index is 13.7. The van der Waals surface area contributed by atoms with E-state index in [-0.39, 0.29) is 18.0 Å². The molecule has 226 valence electrons. The number of carbonyl (C=O) groups excluding carboxylic acids is 1. The van der Waals surface area contributed by atoms with Gasteiger partial charge in [0.15, 0.2) is 23.9 Å². The third kappa shape index (κ3) is 6.76. The Morgan fingerprint density at radius 2 is 1.89 bits per heavy atom. The minimum absolute atomic E-state index is 0.245. The van der Waals surface area contributed by atoms with Crippen LogP contribution in [0, 0.1) is 9.39 Å². The van der Waals surface area contributed by atoms with Gasteiger partial charge >= 0.3 is 0 Å². The molecule has 1 amide bonds. The maximum atomic E-state index is 13.7. The van der Waals surface area contributed by atoms with Crippen molar-refractivity contribution in [2.75, 3.05) is 18.5 Å². The van der Waals surface area contributed by atoms with E-state index in [1.54, 1.807) is 30.3 Å². The third-order valence-corrected chi connectivity index (χ3v) is 7.88. The molecule has 0 spiro atoms. The number of anilines is 1. The van der Waals surface area contributed by atoms with Crippen LogP contribution in [-0.4, -0.2) is 35.0 Å². The molecule has 6 aromatic rings. The number of carbonyl (C=O) groups is 1. The van der Waals surface area contributed by atoms with Gasteiger partial charge in [-0.25, -0.2) is 9.37 Å². The highest BCUT2D eigenvalue weighted by Gasteiger charge is 2.18. The van der Waals surface area contributed by atoms with Gasteiger partial charge in [0.05, 0.1) is 27.3 Å². The van der Waals surface area contributed by atoms with Crippen molar-refractivity contribution in [3.05, 3.63) is 115 Å². The lowest BCUT2D eigenvalue weighted by atomic mass is 10.2.